The summed E-state index contributed by atoms with van der Waals surface area (Å²) in [4.78, 5) is 40.2. The van der Waals surface area contributed by atoms with Crippen molar-refractivity contribution in [1.29, 1.82) is 0 Å². The minimum atomic E-state index is -0.426. The summed E-state index contributed by atoms with van der Waals surface area (Å²) in [6.45, 7) is 3.80. The molecule has 6 nitrogen and oxygen atoms in total. The molecule has 2 rings (SSSR count). The first-order valence-corrected chi connectivity index (χ1v) is 9.48. The summed E-state index contributed by atoms with van der Waals surface area (Å²) in [6.07, 6.45) is 4.08. The lowest BCUT2D eigenvalue weighted by atomic mass is 10.1. The molecule has 1 atom stereocenters. The number of nitrogens with one attached hydrogen (secondary N) is 1. The quantitative estimate of drug-likeness (QED) is 0.812. The molecule has 0 aromatic carbocycles. The van der Waals surface area contributed by atoms with Crippen molar-refractivity contribution < 1.29 is 14.4 Å². The second kappa shape index (κ2) is 8.04. The van der Waals surface area contributed by atoms with Crippen LogP contribution >= 0.6 is 11.8 Å². The van der Waals surface area contributed by atoms with Gasteiger partial charge in [-0.1, -0.05) is 12.8 Å². The Morgan fingerprint density at radius 2 is 1.91 bits per heavy atom. The predicted octanol–water partition coefficient (Wildman–Crippen LogP) is 1.06. The molecule has 1 saturated heterocycles. The van der Waals surface area contributed by atoms with Crippen molar-refractivity contribution in [2.24, 2.45) is 5.92 Å². The molecule has 0 bridgehead atoms. The molecule has 0 aromatic heterocycles. The van der Waals surface area contributed by atoms with Gasteiger partial charge in [0.2, 0.25) is 17.7 Å². The normalized spacial score (nSPS) is 21.7. The minimum absolute atomic E-state index is 0.0314. The standard InChI is InChI=1S/C16H27N3O3S/c1-11(2)17-14(20)8-18(3)16(22)13-9-23-10-19(13)15(21)12-6-4-5-7-12/h11-13H,4-10H2,1-3H3,(H,17,20). The first-order valence-electron chi connectivity index (χ1n) is 8.32. The van der Waals surface area contributed by atoms with Crippen molar-refractivity contribution >= 4 is 29.5 Å². The molecule has 2 aliphatic rings. The Morgan fingerprint density at radius 1 is 1.26 bits per heavy atom. The van der Waals surface area contributed by atoms with Gasteiger partial charge in [-0.05, 0) is 26.7 Å². The van der Waals surface area contributed by atoms with E-state index in [2.05, 4.69) is 5.32 Å². The van der Waals surface area contributed by atoms with Gasteiger partial charge < -0.3 is 15.1 Å². The van der Waals surface area contributed by atoms with Crippen molar-refractivity contribution in [1.82, 2.24) is 15.1 Å². The van der Waals surface area contributed by atoms with Crippen LogP contribution in [-0.2, 0) is 14.4 Å². The molecular weight excluding hydrogens is 314 g/mol. The molecule has 23 heavy (non-hydrogen) atoms. The highest BCUT2D eigenvalue weighted by atomic mass is 32.2. The molecule has 1 N–H and O–H groups in total. The lowest BCUT2D eigenvalue weighted by Gasteiger charge is -2.29. The number of hydrogen-bond acceptors (Lipinski definition) is 4. The number of hydrogen-bond donors (Lipinski definition) is 1. The minimum Gasteiger partial charge on any atom is -0.352 e. The fourth-order valence-corrected chi connectivity index (χ4v) is 4.34. The van der Waals surface area contributed by atoms with Crippen molar-refractivity contribution in [3.63, 3.8) is 0 Å². The number of likely N-dealkylation sites (N-methyl/N-ethyl adjacent to an activating group) is 1. The molecule has 1 aliphatic carbocycles. The highest BCUT2D eigenvalue weighted by Crippen LogP contribution is 2.31. The van der Waals surface area contributed by atoms with Gasteiger partial charge in [-0.3, -0.25) is 14.4 Å². The van der Waals surface area contributed by atoms with E-state index in [4.69, 9.17) is 0 Å². The van der Waals surface area contributed by atoms with E-state index in [0.29, 0.717) is 11.6 Å². The second-order valence-electron chi connectivity index (χ2n) is 6.72. The van der Waals surface area contributed by atoms with Crippen molar-refractivity contribution in [3.05, 3.63) is 0 Å². The molecular formula is C16H27N3O3S. The van der Waals surface area contributed by atoms with Gasteiger partial charge >= 0.3 is 0 Å². The Balaban J connectivity index is 1.94. The summed E-state index contributed by atoms with van der Waals surface area (Å²) < 4.78 is 0. The topological polar surface area (TPSA) is 69.7 Å². The molecule has 130 valence electrons. The molecule has 1 aliphatic heterocycles. The summed E-state index contributed by atoms with van der Waals surface area (Å²) in [5.41, 5.74) is 0. The highest BCUT2D eigenvalue weighted by Gasteiger charge is 2.39. The average molecular weight is 341 g/mol. The molecule has 1 heterocycles. The molecule has 0 radical (unpaired) electrons. The number of nitrogens with zero attached hydrogens (tertiary/aromatic N) is 2. The number of rotatable bonds is 5. The molecule has 7 heteroatoms. The van der Waals surface area contributed by atoms with E-state index < -0.39 is 6.04 Å². The molecule has 1 saturated carbocycles. The maximum atomic E-state index is 12.6. The zero-order valence-corrected chi connectivity index (χ0v) is 15.0. The lowest BCUT2D eigenvalue weighted by Crippen LogP contribution is -2.51. The van der Waals surface area contributed by atoms with E-state index in [1.165, 1.54) is 4.90 Å². The Morgan fingerprint density at radius 3 is 2.52 bits per heavy atom. The number of carbonyl (C=O) groups is 3. The van der Waals surface area contributed by atoms with E-state index >= 15 is 0 Å². The van der Waals surface area contributed by atoms with Gasteiger partial charge in [0.25, 0.3) is 0 Å². The van der Waals surface area contributed by atoms with Gasteiger partial charge in [0.1, 0.15) is 6.04 Å². The predicted molar refractivity (Wildman–Crippen MR) is 90.8 cm³/mol. The zero-order valence-electron chi connectivity index (χ0n) is 14.2. The maximum Gasteiger partial charge on any atom is 0.246 e. The van der Waals surface area contributed by atoms with Crippen LogP contribution in [0.3, 0.4) is 0 Å². The lowest BCUT2D eigenvalue weighted by molar-refractivity contribution is -0.145. The number of thioether (sulfide) groups is 1. The van der Waals surface area contributed by atoms with Crippen LogP contribution in [0.1, 0.15) is 39.5 Å². The van der Waals surface area contributed by atoms with Gasteiger partial charge in [-0.15, -0.1) is 11.8 Å². The van der Waals surface area contributed by atoms with Crippen LogP contribution in [-0.4, -0.2) is 64.8 Å². The van der Waals surface area contributed by atoms with Gasteiger partial charge in [-0.25, -0.2) is 0 Å². The molecule has 0 aromatic rings. The summed E-state index contributed by atoms with van der Waals surface area (Å²) in [5.74, 6) is 1.09. The molecule has 0 spiro atoms. The van der Waals surface area contributed by atoms with Gasteiger partial charge in [-0.2, -0.15) is 0 Å². The third-order valence-electron chi connectivity index (χ3n) is 4.36. The van der Waals surface area contributed by atoms with Crippen LogP contribution in [0.15, 0.2) is 0 Å². The first-order chi connectivity index (χ1) is 10.9. The summed E-state index contributed by atoms with van der Waals surface area (Å²) >= 11 is 1.61. The van der Waals surface area contributed by atoms with E-state index in [-0.39, 0.29) is 36.2 Å². The fraction of sp³-hybridized carbons (Fsp3) is 0.812. The fourth-order valence-electron chi connectivity index (χ4n) is 3.19. The van der Waals surface area contributed by atoms with Crippen LogP contribution in [0.25, 0.3) is 0 Å². The first kappa shape index (κ1) is 18.1. The Bertz CT molecular complexity index is 463. The SMILES string of the molecule is CC(C)NC(=O)CN(C)C(=O)C1CSCN1C(=O)C1CCCC1. The van der Waals surface area contributed by atoms with Crippen LogP contribution in [0, 0.1) is 5.92 Å². The largest absolute Gasteiger partial charge is 0.352 e. The van der Waals surface area contributed by atoms with Crippen molar-refractivity contribution in [2.75, 3.05) is 25.2 Å². The Kier molecular flexibility index (Phi) is 6.33. The van der Waals surface area contributed by atoms with Crippen LogP contribution in [0.2, 0.25) is 0 Å². The smallest absolute Gasteiger partial charge is 0.246 e. The van der Waals surface area contributed by atoms with Crippen LogP contribution in [0.4, 0.5) is 0 Å². The Labute approximate surface area is 142 Å². The number of carbonyl (C=O) groups excluding carboxylic acids is 3. The van der Waals surface area contributed by atoms with Gasteiger partial charge in [0.15, 0.2) is 0 Å². The highest BCUT2D eigenvalue weighted by molar-refractivity contribution is 7.99. The maximum absolute atomic E-state index is 12.6. The van der Waals surface area contributed by atoms with Gasteiger partial charge in [0.05, 0.1) is 12.4 Å². The summed E-state index contributed by atoms with van der Waals surface area (Å²) in [5, 5.41) is 2.78. The van der Waals surface area contributed by atoms with E-state index in [0.717, 1.165) is 25.7 Å². The van der Waals surface area contributed by atoms with E-state index in [9.17, 15) is 14.4 Å². The van der Waals surface area contributed by atoms with Crippen molar-refractivity contribution in [3.8, 4) is 0 Å². The molecule has 2 fully saturated rings. The third-order valence-corrected chi connectivity index (χ3v) is 5.37. The molecule has 3 amide bonds. The summed E-state index contributed by atoms with van der Waals surface area (Å²) in [6, 6.07) is -0.376. The number of amides is 3. The third kappa shape index (κ3) is 4.62. The second-order valence-corrected chi connectivity index (χ2v) is 7.72. The molecule has 1 unspecified atom stereocenters. The van der Waals surface area contributed by atoms with Gasteiger partial charge in [0, 0.05) is 24.8 Å². The Hall–Kier alpha value is -1.24. The van der Waals surface area contributed by atoms with Crippen LogP contribution < -0.4 is 5.32 Å². The summed E-state index contributed by atoms with van der Waals surface area (Å²) in [7, 11) is 1.63. The zero-order chi connectivity index (χ0) is 17.0. The van der Waals surface area contributed by atoms with E-state index in [1.807, 2.05) is 13.8 Å². The van der Waals surface area contributed by atoms with Crippen LogP contribution in [0.5, 0.6) is 0 Å². The van der Waals surface area contributed by atoms with Crippen molar-refractivity contribution in [2.45, 2.75) is 51.6 Å². The monoisotopic (exact) mass is 341 g/mol. The average Bonchev–Trinajstić information content (AvgIpc) is 3.16. The van der Waals surface area contributed by atoms with E-state index in [1.54, 1.807) is 23.7 Å².